The van der Waals surface area contributed by atoms with Crippen LogP contribution >= 0.6 is 11.3 Å². The predicted octanol–water partition coefficient (Wildman–Crippen LogP) is 3.06. The molecule has 0 saturated heterocycles. The zero-order valence-corrected chi connectivity index (χ0v) is 15.0. The molecule has 0 bridgehead atoms. The van der Waals surface area contributed by atoms with Crippen molar-refractivity contribution in [1.29, 1.82) is 5.26 Å². The van der Waals surface area contributed by atoms with Gasteiger partial charge in [-0.3, -0.25) is 14.9 Å². The summed E-state index contributed by atoms with van der Waals surface area (Å²) in [4.78, 5) is 32.0. The molecule has 0 unspecified atom stereocenters. The van der Waals surface area contributed by atoms with Crippen molar-refractivity contribution in [3.63, 3.8) is 0 Å². The molecule has 134 valence electrons. The summed E-state index contributed by atoms with van der Waals surface area (Å²) in [6.07, 6.45) is 3.45. The van der Waals surface area contributed by atoms with Gasteiger partial charge in [0.25, 0.3) is 11.8 Å². The summed E-state index contributed by atoms with van der Waals surface area (Å²) >= 11 is 1.37. The van der Waals surface area contributed by atoms with E-state index in [0.717, 1.165) is 10.6 Å². The highest BCUT2D eigenvalue weighted by Gasteiger charge is 2.25. The van der Waals surface area contributed by atoms with Crippen LogP contribution in [0.2, 0.25) is 0 Å². The van der Waals surface area contributed by atoms with Gasteiger partial charge in [-0.2, -0.15) is 5.26 Å². The number of thiazole rings is 1. The lowest BCUT2D eigenvalue weighted by atomic mass is 10.1. The summed E-state index contributed by atoms with van der Waals surface area (Å²) in [6.45, 7) is 1.01. The Hall–Kier alpha value is -3.44. The molecule has 1 aromatic carbocycles. The van der Waals surface area contributed by atoms with E-state index in [1.807, 2.05) is 6.07 Å². The van der Waals surface area contributed by atoms with Crippen LogP contribution in [0.5, 0.6) is 0 Å². The van der Waals surface area contributed by atoms with Gasteiger partial charge in [-0.15, -0.1) is 0 Å². The van der Waals surface area contributed by atoms with Gasteiger partial charge in [0.2, 0.25) is 0 Å². The SMILES string of the molecule is N#Cc1ccc(C(=O)N2CCc3nc(NC(=O)c4ccoc4)sc3C2)cc1. The molecule has 27 heavy (non-hydrogen) atoms. The van der Waals surface area contributed by atoms with E-state index in [-0.39, 0.29) is 11.8 Å². The number of carbonyl (C=O) groups excluding carboxylic acids is 2. The number of benzene rings is 1. The zero-order valence-electron chi connectivity index (χ0n) is 14.1. The number of aromatic nitrogens is 1. The Labute approximate surface area is 158 Å². The molecule has 8 heteroatoms. The fraction of sp³-hybridized carbons (Fsp3) is 0.158. The van der Waals surface area contributed by atoms with Gasteiger partial charge >= 0.3 is 0 Å². The highest BCUT2D eigenvalue weighted by atomic mass is 32.1. The average molecular weight is 378 g/mol. The molecular formula is C19H14N4O3S. The van der Waals surface area contributed by atoms with Gasteiger partial charge in [0.05, 0.1) is 35.7 Å². The van der Waals surface area contributed by atoms with E-state index in [1.54, 1.807) is 35.2 Å². The first-order valence-electron chi connectivity index (χ1n) is 8.25. The Kier molecular flexibility index (Phi) is 4.44. The van der Waals surface area contributed by atoms with E-state index >= 15 is 0 Å². The normalized spacial score (nSPS) is 12.9. The maximum absolute atomic E-state index is 12.7. The van der Waals surface area contributed by atoms with Crippen molar-refractivity contribution in [2.45, 2.75) is 13.0 Å². The number of furan rings is 1. The van der Waals surface area contributed by atoms with Crippen LogP contribution in [-0.4, -0.2) is 28.2 Å². The standard InChI is InChI=1S/C19H14N4O3S/c20-9-12-1-3-13(4-2-12)18(25)23-7-5-15-16(10-23)27-19(21-15)22-17(24)14-6-8-26-11-14/h1-4,6,8,11H,5,7,10H2,(H,21,22,24). The highest BCUT2D eigenvalue weighted by Crippen LogP contribution is 2.29. The topological polar surface area (TPSA) is 99.2 Å². The fourth-order valence-electron chi connectivity index (χ4n) is 2.86. The number of nitrogens with zero attached hydrogens (tertiary/aromatic N) is 3. The number of carbonyl (C=O) groups is 2. The van der Waals surface area contributed by atoms with Crippen LogP contribution in [0, 0.1) is 11.3 Å². The third-order valence-corrected chi connectivity index (χ3v) is 5.28. The molecule has 3 aromatic rings. The van der Waals surface area contributed by atoms with E-state index < -0.39 is 0 Å². The lowest BCUT2D eigenvalue weighted by Gasteiger charge is -2.26. The van der Waals surface area contributed by atoms with Crippen molar-refractivity contribution >= 4 is 28.3 Å². The molecular weight excluding hydrogens is 364 g/mol. The van der Waals surface area contributed by atoms with Crippen molar-refractivity contribution in [2.75, 3.05) is 11.9 Å². The number of anilines is 1. The molecule has 4 rings (SSSR count). The Bertz CT molecular complexity index is 1030. The van der Waals surface area contributed by atoms with Crippen molar-refractivity contribution < 1.29 is 14.0 Å². The Morgan fingerprint density at radius 2 is 2.04 bits per heavy atom. The molecule has 1 N–H and O–H groups in total. The smallest absolute Gasteiger partial charge is 0.260 e. The largest absolute Gasteiger partial charge is 0.472 e. The molecule has 0 spiro atoms. The van der Waals surface area contributed by atoms with Crippen LogP contribution in [0.15, 0.2) is 47.3 Å². The molecule has 0 saturated carbocycles. The first-order chi connectivity index (χ1) is 13.1. The summed E-state index contributed by atoms with van der Waals surface area (Å²) in [6, 6.07) is 10.2. The maximum atomic E-state index is 12.7. The lowest BCUT2D eigenvalue weighted by molar-refractivity contribution is 0.0736. The van der Waals surface area contributed by atoms with Gasteiger partial charge in [0, 0.05) is 23.4 Å². The first kappa shape index (κ1) is 17.0. The van der Waals surface area contributed by atoms with E-state index in [2.05, 4.69) is 10.3 Å². The lowest BCUT2D eigenvalue weighted by Crippen LogP contribution is -2.35. The van der Waals surface area contributed by atoms with Crippen molar-refractivity contribution in [3.8, 4) is 6.07 Å². The number of nitrogens with one attached hydrogen (secondary N) is 1. The summed E-state index contributed by atoms with van der Waals surface area (Å²) in [7, 11) is 0. The predicted molar refractivity (Wildman–Crippen MR) is 98.4 cm³/mol. The van der Waals surface area contributed by atoms with E-state index in [4.69, 9.17) is 9.68 Å². The van der Waals surface area contributed by atoms with Crippen LogP contribution in [0.25, 0.3) is 0 Å². The quantitative estimate of drug-likeness (QED) is 0.755. The number of nitriles is 1. The third kappa shape index (κ3) is 3.45. The minimum absolute atomic E-state index is 0.0810. The van der Waals surface area contributed by atoms with Crippen molar-refractivity contribution in [3.05, 3.63) is 70.1 Å². The first-order valence-corrected chi connectivity index (χ1v) is 9.07. The molecule has 0 aliphatic carbocycles. The number of amides is 2. The third-order valence-electron chi connectivity index (χ3n) is 4.28. The summed E-state index contributed by atoms with van der Waals surface area (Å²) < 4.78 is 4.91. The summed E-state index contributed by atoms with van der Waals surface area (Å²) in [5.41, 5.74) is 2.41. The molecule has 0 atom stereocenters. The maximum Gasteiger partial charge on any atom is 0.260 e. The Morgan fingerprint density at radius 3 is 2.74 bits per heavy atom. The minimum atomic E-state index is -0.277. The van der Waals surface area contributed by atoms with Gasteiger partial charge in [0.1, 0.15) is 6.26 Å². The van der Waals surface area contributed by atoms with Crippen molar-refractivity contribution in [2.24, 2.45) is 0 Å². The number of fused-ring (bicyclic) bond motifs is 1. The minimum Gasteiger partial charge on any atom is -0.472 e. The molecule has 3 heterocycles. The molecule has 2 aromatic heterocycles. The monoisotopic (exact) mass is 378 g/mol. The molecule has 7 nitrogen and oxygen atoms in total. The van der Waals surface area contributed by atoms with Gasteiger partial charge in [-0.05, 0) is 30.3 Å². The second-order valence-electron chi connectivity index (χ2n) is 6.02. The van der Waals surface area contributed by atoms with Gasteiger partial charge in [0.15, 0.2) is 5.13 Å². The van der Waals surface area contributed by atoms with Gasteiger partial charge in [-0.25, -0.2) is 4.98 Å². The van der Waals surface area contributed by atoms with E-state index in [0.29, 0.717) is 41.3 Å². The van der Waals surface area contributed by atoms with Crippen LogP contribution in [0.3, 0.4) is 0 Å². The summed E-state index contributed by atoms with van der Waals surface area (Å²) in [5.74, 6) is -0.358. The second kappa shape index (κ2) is 7.05. The van der Waals surface area contributed by atoms with E-state index in [1.165, 1.54) is 23.9 Å². The second-order valence-corrected chi connectivity index (χ2v) is 7.10. The fourth-order valence-corrected chi connectivity index (χ4v) is 3.87. The molecule has 1 aliphatic rings. The molecule has 0 fully saturated rings. The molecule has 1 aliphatic heterocycles. The summed E-state index contributed by atoms with van der Waals surface area (Å²) in [5, 5.41) is 12.1. The van der Waals surface area contributed by atoms with E-state index in [9.17, 15) is 9.59 Å². The van der Waals surface area contributed by atoms with Crippen LogP contribution in [-0.2, 0) is 13.0 Å². The molecule has 2 amide bonds. The zero-order chi connectivity index (χ0) is 18.8. The van der Waals surface area contributed by atoms with Crippen LogP contribution < -0.4 is 5.32 Å². The Morgan fingerprint density at radius 1 is 1.22 bits per heavy atom. The van der Waals surface area contributed by atoms with Crippen molar-refractivity contribution in [1.82, 2.24) is 9.88 Å². The average Bonchev–Trinajstić information content (AvgIpc) is 3.36. The number of hydrogen-bond donors (Lipinski definition) is 1. The van der Waals surface area contributed by atoms with Gasteiger partial charge in [-0.1, -0.05) is 11.3 Å². The van der Waals surface area contributed by atoms with Gasteiger partial charge < -0.3 is 9.32 Å². The van der Waals surface area contributed by atoms with Crippen LogP contribution in [0.1, 0.15) is 36.9 Å². The number of hydrogen-bond acceptors (Lipinski definition) is 6. The molecule has 0 radical (unpaired) electrons. The Balaban J connectivity index is 1.46. The highest BCUT2D eigenvalue weighted by molar-refractivity contribution is 7.15. The van der Waals surface area contributed by atoms with Crippen LogP contribution in [0.4, 0.5) is 5.13 Å². The number of rotatable bonds is 3.